The molecule has 0 radical (unpaired) electrons. The summed E-state index contributed by atoms with van der Waals surface area (Å²) in [4.78, 5) is 11.5. The van der Waals surface area contributed by atoms with Crippen LogP contribution >= 0.6 is 0 Å². The van der Waals surface area contributed by atoms with Gasteiger partial charge in [-0.15, -0.1) is 0 Å². The Bertz CT molecular complexity index is 483. The standard InChI is InChI=1S/C12H13F3O4/c1-6-4-8(16)10(11(17)18-3)9(5-6)19-7(2)12(13,14)15/h4-5,7,16H,1-3H3/t7-/m0/s1. The first kappa shape index (κ1) is 15.1. The van der Waals surface area contributed by atoms with Crippen molar-refractivity contribution in [2.24, 2.45) is 0 Å². The third-order valence-corrected chi connectivity index (χ3v) is 2.38. The molecule has 1 rings (SSSR count). The summed E-state index contributed by atoms with van der Waals surface area (Å²) in [5.74, 6) is -1.83. The number of hydrogen-bond acceptors (Lipinski definition) is 4. The summed E-state index contributed by atoms with van der Waals surface area (Å²) < 4.78 is 46.5. The lowest BCUT2D eigenvalue weighted by molar-refractivity contribution is -0.189. The van der Waals surface area contributed by atoms with Gasteiger partial charge in [-0.2, -0.15) is 13.2 Å². The summed E-state index contributed by atoms with van der Waals surface area (Å²) in [5, 5.41) is 9.63. The number of methoxy groups -OCH3 is 1. The van der Waals surface area contributed by atoms with E-state index in [1.807, 2.05) is 0 Å². The summed E-state index contributed by atoms with van der Waals surface area (Å²) in [6.07, 6.45) is -6.69. The lowest BCUT2D eigenvalue weighted by Crippen LogP contribution is -2.31. The molecule has 1 aromatic carbocycles. The molecule has 0 unspecified atom stereocenters. The fraction of sp³-hybridized carbons (Fsp3) is 0.417. The molecule has 1 N–H and O–H groups in total. The van der Waals surface area contributed by atoms with Gasteiger partial charge in [0.25, 0.3) is 0 Å². The van der Waals surface area contributed by atoms with Crippen LogP contribution in [0.2, 0.25) is 0 Å². The Kier molecular flexibility index (Phi) is 4.28. The average Bonchev–Trinajstić information content (AvgIpc) is 2.26. The molecule has 7 heteroatoms. The van der Waals surface area contributed by atoms with Crippen LogP contribution in [0, 0.1) is 6.92 Å². The van der Waals surface area contributed by atoms with Crippen LogP contribution in [0.1, 0.15) is 22.8 Å². The number of carbonyl (C=O) groups is 1. The fourth-order valence-corrected chi connectivity index (χ4v) is 1.39. The van der Waals surface area contributed by atoms with Crippen molar-refractivity contribution < 1.29 is 32.5 Å². The number of esters is 1. The number of carbonyl (C=O) groups excluding carboxylic acids is 1. The van der Waals surface area contributed by atoms with E-state index in [0.717, 1.165) is 14.0 Å². The number of ether oxygens (including phenoxy) is 2. The van der Waals surface area contributed by atoms with Crippen LogP contribution in [-0.4, -0.2) is 30.5 Å². The van der Waals surface area contributed by atoms with Crippen molar-refractivity contribution in [1.29, 1.82) is 0 Å². The molecule has 1 aromatic rings. The fourth-order valence-electron chi connectivity index (χ4n) is 1.39. The Morgan fingerprint density at radius 2 is 1.95 bits per heavy atom. The highest BCUT2D eigenvalue weighted by Crippen LogP contribution is 2.33. The highest BCUT2D eigenvalue weighted by Gasteiger charge is 2.39. The van der Waals surface area contributed by atoms with Crippen LogP contribution in [-0.2, 0) is 4.74 Å². The van der Waals surface area contributed by atoms with Crippen molar-refractivity contribution in [3.8, 4) is 11.5 Å². The molecule has 0 bridgehead atoms. The van der Waals surface area contributed by atoms with Crippen molar-refractivity contribution in [2.45, 2.75) is 26.1 Å². The van der Waals surface area contributed by atoms with Crippen LogP contribution in [0.4, 0.5) is 13.2 Å². The normalized spacial score (nSPS) is 12.9. The molecule has 0 heterocycles. The Hall–Kier alpha value is -1.92. The Balaban J connectivity index is 3.22. The molecule has 106 valence electrons. The predicted octanol–water partition coefficient (Wildman–Crippen LogP) is 2.82. The number of aromatic hydroxyl groups is 1. The van der Waals surface area contributed by atoms with Crippen molar-refractivity contribution in [3.63, 3.8) is 0 Å². The molecule has 0 saturated carbocycles. The minimum Gasteiger partial charge on any atom is -0.507 e. The quantitative estimate of drug-likeness (QED) is 0.864. The smallest absolute Gasteiger partial charge is 0.425 e. The monoisotopic (exact) mass is 278 g/mol. The maximum atomic E-state index is 12.4. The summed E-state index contributed by atoms with van der Waals surface area (Å²) in [6, 6.07) is 2.46. The van der Waals surface area contributed by atoms with E-state index >= 15 is 0 Å². The van der Waals surface area contributed by atoms with E-state index in [-0.39, 0.29) is 5.75 Å². The Labute approximate surface area is 107 Å². The van der Waals surface area contributed by atoms with E-state index in [1.165, 1.54) is 12.1 Å². The lowest BCUT2D eigenvalue weighted by atomic mass is 10.1. The molecular formula is C12H13F3O4. The number of aryl methyl sites for hydroxylation is 1. The SMILES string of the molecule is COC(=O)c1c(O)cc(C)cc1O[C@@H](C)C(F)(F)F. The van der Waals surface area contributed by atoms with Crippen LogP contribution in [0.5, 0.6) is 11.5 Å². The number of rotatable bonds is 3. The average molecular weight is 278 g/mol. The van der Waals surface area contributed by atoms with Crippen molar-refractivity contribution >= 4 is 5.97 Å². The zero-order chi connectivity index (χ0) is 14.8. The second kappa shape index (κ2) is 5.38. The molecule has 0 fully saturated rings. The number of benzene rings is 1. The van der Waals surface area contributed by atoms with E-state index in [0.29, 0.717) is 5.56 Å². The van der Waals surface area contributed by atoms with E-state index in [1.54, 1.807) is 6.92 Å². The first-order chi connectivity index (χ1) is 8.66. The van der Waals surface area contributed by atoms with Gasteiger partial charge < -0.3 is 14.6 Å². The molecule has 0 aliphatic heterocycles. The van der Waals surface area contributed by atoms with Gasteiger partial charge in [-0.1, -0.05) is 0 Å². The first-order valence-electron chi connectivity index (χ1n) is 5.32. The van der Waals surface area contributed by atoms with Gasteiger partial charge in [-0.05, 0) is 31.5 Å². The van der Waals surface area contributed by atoms with Crippen molar-refractivity contribution in [3.05, 3.63) is 23.3 Å². The van der Waals surface area contributed by atoms with Crippen LogP contribution in [0.3, 0.4) is 0 Å². The minimum atomic E-state index is -4.58. The maximum absolute atomic E-state index is 12.4. The molecule has 1 atom stereocenters. The van der Waals surface area contributed by atoms with Gasteiger partial charge in [0.1, 0.15) is 17.1 Å². The highest BCUT2D eigenvalue weighted by atomic mass is 19.4. The van der Waals surface area contributed by atoms with Crippen molar-refractivity contribution in [2.75, 3.05) is 7.11 Å². The topological polar surface area (TPSA) is 55.8 Å². The number of phenols is 1. The van der Waals surface area contributed by atoms with Gasteiger partial charge in [-0.3, -0.25) is 0 Å². The molecular weight excluding hydrogens is 265 g/mol. The van der Waals surface area contributed by atoms with E-state index in [2.05, 4.69) is 4.74 Å². The van der Waals surface area contributed by atoms with Gasteiger partial charge in [0, 0.05) is 0 Å². The molecule has 0 aliphatic carbocycles. The zero-order valence-electron chi connectivity index (χ0n) is 10.5. The van der Waals surface area contributed by atoms with Gasteiger partial charge in [-0.25, -0.2) is 4.79 Å². The van der Waals surface area contributed by atoms with E-state index in [9.17, 15) is 23.1 Å². The van der Waals surface area contributed by atoms with E-state index in [4.69, 9.17) is 4.74 Å². The van der Waals surface area contributed by atoms with Crippen molar-refractivity contribution in [1.82, 2.24) is 0 Å². The van der Waals surface area contributed by atoms with Gasteiger partial charge in [0.05, 0.1) is 7.11 Å². The summed E-state index contributed by atoms with van der Waals surface area (Å²) in [5.41, 5.74) is 0.0266. The summed E-state index contributed by atoms with van der Waals surface area (Å²) >= 11 is 0. The first-order valence-corrected chi connectivity index (χ1v) is 5.32. The van der Waals surface area contributed by atoms with Crippen LogP contribution in [0.25, 0.3) is 0 Å². The second-order valence-corrected chi connectivity index (χ2v) is 3.95. The van der Waals surface area contributed by atoms with E-state index < -0.39 is 29.6 Å². The lowest BCUT2D eigenvalue weighted by Gasteiger charge is -2.20. The zero-order valence-corrected chi connectivity index (χ0v) is 10.5. The van der Waals surface area contributed by atoms with Crippen LogP contribution in [0.15, 0.2) is 12.1 Å². The third-order valence-electron chi connectivity index (χ3n) is 2.38. The second-order valence-electron chi connectivity index (χ2n) is 3.95. The molecule has 0 aromatic heterocycles. The predicted molar refractivity (Wildman–Crippen MR) is 60.3 cm³/mol. The molecule has 0 saturated heterocycles. The number of alkyl halides is 3. The molecule has 0 amide bonds. The molecule has 0 spiro atoms. The summed E-state index contributed by atoms with van der Waals surface area (Å²) in [7, 11) is 1.05. The highest BCUT2D eigenvalue weighted by molar-refractivity contribution is 5.95. The number of phenolic OH excluding ortho intramolecular Hbond substituents is 1. The summed E-state index contributed by atoms with van der Waals surface area (Å²) in [6.45, 7) is 2.35. The van der Waals surface area contributed by atoms with Gasteiger partial charge in [0.2, 0.25) is 0 Å². The Morgan fingerprint density at radius 3 is 2.42 bits per heavy atom. The minimum absolute atomic E-state index is 0.367. The number of halogens is 3. The largest absolute Gasteiger partial charge is 0.507 e. The van der Waals surface area contributed by atoms with Gasteiger partial charge in [0.15, 0.2) is 6.10 Å². The molecule has 19 heavy (non-hydrogen) atoms. The number of hydrogen-bond donors (Lipinski definition) is 1. The molecule has 0 aliphatic rings. The third kappa shape index (κ3) is 3.52. The molecule has 4 nitrogen and oxygen atoms in total. The van der Waals surface area contributed by atoms with Gasteiger partial charge >= 0.3 is 12.1 Å². The maximum Gasteiger partial charge on any atom is 0.425 e. The van der Waals surface area contributed by atoms with Crippen LogP contribution < -0.4 is 4.74 Å². The Morgan fingerprint density at radius 1 is 1.37 bits per heavy atom.